The van der Waals surface area contributed by atoms with E-state index in [-0.39, 0.29) is 17.9 Å². The van der Waals surface area contributed by atoms with E-state index in [0.717, 1.165) is 22.9 Å². The molecule has 156 valence electrons. The Balaban J connectivity index is 1.11. The van der Waals surface area contributed by atoms with E-state index in [2.05, 4.69) is 28.0 Å². The van der Waals surface area contributed by atoms with E-state index in [1.54, 1.807) is 0 Å². The van der Waals surface area contributed by atoms with E-state index < -0.39 is 0 Å². The topological polar surface area (TPSA) is 77.2 Å². The van der Waals surface area contributed by atoms with Gasteiger partial charge < -0.3 is 10.1 Å². The first-order chi connectivity index (χ1) is 14.1. The van der Waals surface area contributed by atoms with Gasteiger partial charge in [-0.1, -0.05) is 25.1 Å². The fraction of sp³-hybridized carbons (Fsp3) is 0.625. The lowest BCUT2D eigenvalue weighted by Crippen LogP contribution is -2.53. The number of aromatic nitrogens is 1. The molecule has 0 saturated heterocycles. The lowest BCUT2D eigenvalue weighted by Gasteiger charge is -2.55. The van der Waals surface area contributed by atoms with E-state index in [4.69, 9.17) is 0 Å². The number of amides is 1. The van der Waals surface area contributed by atoms with Crippen molar-refractivity contribution < 1.29 is 9.90 Å². The molecule has 1 aromatic heterocycles. The average molecular weight is 396 g/mol. The summed E-state index contributed by atoms with van der Waals surface area (Å²) in [6.07, 6.45) is 8.98. The van der Waals surface area contributed by atoms with Crippen LogP contribution in [0.15, 0.2) is 30.5 Å². The number of nitrogens with one attached hydrogen (secondary N) is 3. The summed E-state index contributed by atoms with van der Waals surface area (Å²) in [6, 6.07) is 8.18. The van der Waals surface area contributed by atoms with Crippen molar-refractivity contribution in [3.8, 4) is 0 Å². The Morgan fingerprint density at radius 2 is 1.83 bits per heavy atom. The number of hydrogen-bond acceptors (Lipinski definition) is 3. The van der Waals surface area contributed by atoms with Gasteiger partial charge in [0.25, 0.3) is 0 Å². The average Bonchev–Trinajstić information content (AvgIpc) is 3.10. The van der Waals surface area contributed by atoms with E-state index in [1.165, 1.54) is 37.5 Å². The number of carbonyl (C=O) groups is 1. The van der Waals surface area contributed by atoms with Gasteiger partial charge in [-0.3, -0.25) is 10.2 Å². The summed E-state index contributed by atoms with van der Waals surface area (Å²) in [5.41, 5.74) is 8.14. The lowest BCUT2D eigenvalue weighted by molar-refractivity contribution is -0.126. The van der Waals surface area contributed by atoms with Crippen LogP contribution >= 0.6 is 0 Å². The van der Waals surface area contributed by atoms with Crippen LogP contribution in [-0.2, 0) is 11.2 Å². The van der Waals surface area contributed by atoms with E-state index in [9.17, 15) is 9.90 Å². The number of fused-ring (bicyclic) bond motifs is 1. The molecule has 4 fully saturated rings. The molecule has 2 atom stereocenters. The third kappa shape index (κ3) is 3.71. The van der Waals surface area contributed by atoms with Crippen molar-refractivity contribution in [3.63, 3.8) is 0 Å². The van der Waals surface area contributed by atoms with Gasteiger partial charge in [0.15, 0.2) is 0 Å². The third-order valence-electron chi connectivity index (χ3n) is 7.92. The summed E-state index contributed by atoms with van der Waals surface area (Å²) in [5, 5.41) is 12.0. The highest BCUT2D eigenvalue weighted by atomic mass is 16.3. The monoisotopic (exact) mass is 395 g/mol. The molecule has 4 saturated carbocycles. The summed E-state index contributed by atoms with van der Waals surface area (Å²) in [4.78, 5) is 15.8. The third-order valence-corrected chi connectivity index (χ3v) is 7.92. The summed E-state index contributed by atoms with van der Waals surface area (Å²) in [6.45, 7) is 2.39. The van der Waals surface area contributed by atoms with Crippen LogP contribution in [-0.4, -0.2) is 28.6 Å². The van der Waals surface area contributed by atoms with Crippen LogP contribution in [0.5, 0.6) is 0 Å². The molecule has 5 nitrogen and oxygen atoms in total. The minimum absolute atomic E-state index is 0.0208. The van der Waals surface area contributed by atoms with Gasteiger partial charge in [-0.2, -0.15) is 0 Å². The van der Waals surface area contributed by atoms with Crippen molar-refractivity contribution in [2.75, 3.05) is 6.54 Å². The Morgan fingerprint density at radius 3 is 2.55 bits per heavy atom. The highest BCUT2D eigenvalue weighted by Crippen LogP contribution is 2.57. The summed E-state index contributed by atoms with van der Waals surface area (Å²) in [5.74, 6) is 3.47. The molecule has 29 heavy (non-hydrogen) atoms. The Bertz CT molecular complexity index is 848. The Labute approximate surface area is 172 Å². The number of aliphatic hydroxyl groups excluding tert-OH is 1. The number of para-hydroxylation sites is 1. The van der Waals surface area contributed by atoms with Gasteiger partial charge in [-0.25, -0.2) is 5.43 Å². The molecule has 1 amide bonds. The van der Waals surface area contributed by atoms with Crippen molar-refractivity contribution in [2.45, 2.75) is 51.6 Å². The van der Waals surface area contributed by atoms with Crippen LogP contribution < -0.4 is 10.9 Å². The zero-order valence-corrected chi connectivity index (χ0v) is 17.2. The highest BCUT2D eigenvalue weighted by molar-refractivity contribution is 5.84. The molecule has 4 N–H and O–H groups in total. The highest BCUT2D eigenvalue weighted by Gasteiger charge is 2.50. The molecule has 4 aliphatic carbocycles. The molecule has 1 aromatic carbocycles. The fourth-order valence-corrected chi connectivity index (χ4v) is 6.82. The van der Waals surface area contributed by atoms with Crippen molar-refractivity contribution in [1.82, 2.24) is 15.8 Å². The molecule has 2 unspecified atom stereocenters. The first-order valence-corrected chi connectivity index (χ1v) is 11.3. The molecule has 0 spiro atoms. The molecule has 4 bridgehead atoms. The number of aromatic amines is 1. The van der Waals surface area contributed by atoms with Gasteiger partial charge >= 0.3 is 0 Å². The molecule has 5 heteroatoms. The van der Waals surface area contributed by atoms with E-state index in [1.807, 2.05) is 25.3 Å². The molecule has 6 rings (SSSR count). The number of H-pyrrole nitrogens is 1. The number of hydrogen-bond donors (Lipinski definition) is 4. The van der Waals surface area contributed by atoms with Gasteiger partial charge in [-0.15, -0.1) is 0 Å². The van der Waals surface area contributed by atoms with Crippen LogP contribution in [0, 0.1) is 35.5 Å². The van der Waals surface area contributed by atoms with Gasteiger partial charge in [0.1, 0.15) is 0 Å². The predicted molar refractivity (Wildman–Crippen MR) is 114 cm³/mol. The molecule has 0 aliphatic heterocycles. The molecule has 0 radical (unpaired) electrons. The second-order valence-electron chi connectivity index (χ2n) is 9.91. The molecular formula is C24H33N3O2. The molecular weight excluding hydrogens is 362 g/mol. The summed E-state index contributed by atoms with van der Waals surface area (Å²) >= 11 is 0. The van der Waals surface area contributed by atoms with Crippen LogP contribution in [0.1, 0.15) is 44.6 Å². The number of hydrazine groups is 1. The number of rotatable bonds is 7. The maximum Gasteiger partial charge on any atom is 0.237 e. The number of carbonyl (C=O) groups excluding carboxylic acids is 1. The summed E-state index contributed by atoms with van der Waals surface area (Å²) in [7, 11) is 0. The van der Waals surface area contributed by atoms with Gasteiger partial charge in [0.05, 0.1) is 6.10 Å². The Kier molecular flexibility index (Phi) is 5.12. The minimum atomic E-state index is -0.366. The van der Waals surface area contributed by atoms with Crippen LogP contribution in [0.4, 0.5) is 0 Å². The second-order valence-corrected chi connectivity index (χ2v) is 9.91. The van der Waals surface area contributed by atoms with Gasteiger partial charge in [0.2, 0.25) is 5.91 Å². The van der Waals surface area contributed by atoms with Crippen LogP contribution in [0.3, 0.4) is 0 Å². The quantitative estimate of drug-likeness (QED) is 0.543. The Morgan fingerprint density at radius 1 is 1.14 bits per heavy atom. The standard InChI is InChI=1S/C24H33N3O2/c1-14(6-19-12-25-21-5-3-2-4-20(19)21)24(29)27-26-13-22(28)23-17-8-15-7-16(10-17)11-18(23)9-15/h2-5,12,14-18,22-23,25-26,28H,6-11,13H2,1H3,(H,27,29). The van der Waals surface area contributed by atoms with Crippen LogP contribution in [0.25, 0.3) is 10.9 Å². The molecule has 2 aromatic rings. The van der Waals surface area contributed by atoms with Crippen molar-refractivity contribution in [3.05, 3.63) is 36.0 Å². The van der Waals surface area contributed by atoms with Gasteiger partial charge in [0, 0.05) is 29.6 Å². The predicted octanol–water partition coefficient (Wildman–Crippen LogP) is 3.40. The maximum absolute atomic E-state index is 12.5. The largest absolute Gasteiger partial charge is 0.391 e. The second kappa shape index (κ2) is 7.77. The van der Waals surface area contributed by atoms with Crippen LogP contribution in [0.2, 0.25) is 0 Å². The van der Waals surface area contributed by atoms with E-state index >= 15 is 0 Å². The minimum Gasteiger partial charge on any atom is -0.391 e. The maximum atomic E-state index is 12.5. The zero-order chi connectivity index (χ0) is 20.0. The lowest BCUT2D eigenvalue weighted by atomic mass is 9.51. The fourth-order valence-electron chi connectivity index (χ4n) is 6.82. The van der Waals surface area contributed by atoms with Crippen molar-refractivity contribution in [1.29, 1.82) is 0 Å². The smallest absolute Gasteiger partial charge is 0.237 e. The Hall–Kier alpha value is -1.85. The number of aliphatic hydroxyl groups is 1. The van der Waals surface area contributed by atoms with E-state index in [0.29, 0.717) is 30.7 Å². The first-order valence-electron chi connectivity index (χ1n) is 11.3. The molecule has 4 aliphatic rings. The van der Waals surface area contributed by atoms with Crippen molar-refractivity contribution >= 4 is 16.8 Å². The SMILES string of the molecule is CC(Cc1c[nH]c2ccccc12)C(=O)NNCC(O)C1C2CC3CC(C2)CC1C3. The number of benzene rings is 1. The van der Waals surface area contributed by atoms with Gasteiger partial charge in [-0.05, 0) is 79.7 Å². The first kappa shape index (κ1) is 19.1. The van der Waals surface area contributed by atoms with Crippen molar-refractivity contribution in [2.24, 2.45) is 35.5 Å². The summed E-state index contributed by atoms with van der Waals surface area (Å²) < 4.78 is 0. The molecule has 1 heterocycles. The normalized spacial score (nSPS) is 32.4. The zero-order valence-electron chi connectivity index (χ0n) is 17.2.